The Kier molecular flexibility index (Phi) is 6.44. The summed E-state index contributed by atoms with van der Waals surface area (Å²) < 4.78 is 15.5. The van der Waals surface area contributed by atoms with E-state index in [2.05, 4.69) is 0 Å². The van der Waals surface area contributed by atoms with Crippen LogP contribution in [0.15, 0.2) is 0 Å². The summed E-state index contributed by atoms with van der Waals surface area (Å²) in [6.45, 7) is 13.2. The minimum absolute atomic E-state index is 0.547. The fraction of sp³-hybridized carbons (Fsp3) is 0.778. The van der Waals surface area contributed by atoms with Gasteiger partial charge in [-0.25, -0.2) is 14.5 Å². The quantitative estimate of drug-likeness (QED) is 0.425. The number of hydrogen-bond donors (Lipinski definition) is 0. The monoisotopic (exact) mass is 371 g/mol. The van der Waals surface area contributed by atoms with Crippen molar-refractivity contribution >= 4 is 24.4 Å². The molecule has 0 aliphatic carbocycles. The van der Waals surface area contributed by atoms with Gasteiger partial charge in [-0.2, -0.15) is 0 Å². The van der Waals surface area contributed by atoms with Crippen LogP contribution in [0, 0.1) is 11.8 Å². The zero-order valence-corrected chi connectivity index (χ0v) is 16.7. The van der Waals surface area contributed by atoms with Crippen LogP contribution in [-0.4, -0.2) is 52.7 Å². The van der Waals surface area contributed by atoms with Crippen molar-refractivity contribution in [3.63, 3.8) is 0 Å². The van der Waals surface area contributed by atoms with Crippen molar-refractivity contribution in [2.75, 3.05) is 0 Å². The molecule has 4 atom stereocenters. The maximum Gasteiger partial charge on any atom is 0.509 e. The smallest absolute Gasteiger partial charge is 0.443 e. The van der Waals surface area contributed by atoms with Gasteiger partial charge >= 0.3 is 12.2 Å². The molecule has 1 saturated heterocycles. The maximum atomic E-state index is 12.5. The van der Waals surface area contributed by atoms with Gasteiger partial charge in [0.15, 0.2) is 0 Å². The van der Waals surface area contributed by atoms with Crippen molar-refractivity contribution in [1.82, 2.24) is 4.90 Å². The summed E-state index contributed by atoms with van der Waals surface area (Å²) >= 11 is 0. The van der Waals surface area contributed by atoms with Gasteiger partial charge < -0.3 is 19.0 Å². The van der Waals surface area contributed by atoms with E-state index in [-0.39, 0.29) is 0 Å². The van der Waals surface area contributed by atoms with E-state index in [0.29, 0.717) is 6.29 Å². The third-order valence-corrected chi connectivity index (χ3v) is 3.71. The average molecular weight is 371 g/mol. The Labute approximate surface area is 154 Å². The number of ether oxygens (including phenoxy) is 3. The van der Waals surface area contributed by atoms with E-state index < -0.39 is 53.3 Å². The number of carbonyl (C=O) groups is 4. The summed E-state index contributed by atoms with van der Waals surface area (Å²) in [6, 6.07) is -0.743. The third kappa shape index (κ3) is 5.44. The van der Waals surface area contributed by atoms with Gasteiger partial charge in [0.2, 0.25) is 5.91 Å². The van der Waals surface area contributed by atoms with Crippen LogP contribution in [0.25, 0.3) is 0 Å². The van der Waals surface area contributed by atoms with Gasteiger partial charge in [-0.05, 0) is 48.5 Å². The molecule has 0 aromatic rings. The number of amides is 2. The van der Waals surface area contributed by atoms with Crippen LogP contribution < -0.4 is 0 Å². The molecule has 148 valence electrons. The van der Waals surface area contributed by atoms with Gasteiger partial charge in [0, 0.05) is 5.92 Å². The Morgan fingerprint density at radius 2 is 1.54 bits per heavy atom. The topological polar surface area (TPSA) is 99.2 Å². The Bertz CT molecular complexity index is 573. The number of likely N-dealkylation sites (tertiary alicyclic amines) is 1. The number of hydrogen-bond acceptors (Lipinski definition) is 7. The molecule has 8 heteroatoms. The van der Waals surface area contributed by atoms with Crippen molar-refractivity contribution in [2.24, 2.45) is 11.8 Å². The Morgan fingerprint density at radius 1 is 1.04 bits per heavy atom. The van der Waals surface area contributed by atoms with E-state index in [9.17, 15) is 19.2 Å². The van der Waals surface area contributed by atoms with Gasteiger partial charge in [-0.15, -0.1) is 0 Å². The van der Waals surface area contributed by atoms with E-state index in [4.69, 9.17) is 14.2 Å². The molecule has 0 radical (unpaired) electrons. The molecule has 26 heavy (non-hydrogen) atoms. The van der Waals surface area contributed by atoms with Crippen LogP contribution in [0.4, 0.5) is 9.59 Å². The van der Waals surface area contributed by atoms with E-state index in [1.165, 1.54) is 6.92 Å². The second kappa shape index (κ2) is 7.63. The highest BCUT2D eigenvalue weighted by Crippen LogP contribution is 2.36. The van der Waals surface area contributed by atoms with E-state index >= 15 is 0 Å². The molecule has 1 rings (SSSR count). The lowest BCUT2D eigenvalue weighted by atomic mass is 9.77. The molecule has 0 bridgehead atoms. The predicted octanol–water partition coefficient (Wildman–Crippen LogP) is 2.92. The number of carbonyl (C=O) groups excluding carboxylic acids is 4. The lowest BCUT2D eigenvalue weighted by Crippen LogP contribution is -2.69. The first-order valence-corrected chi connectivity index (χ1v) is 8.59. The molecule has 0 aromatic carbocycles. The first-order valence-electron chi connectivity index (χ1n) is 8.59. The summed E-state index contributed by atoms with van der Waals surface area (Å²) in [5, 5.41) is 0. The summed E-state index contributed by atoms with van der Waals surface area (Å²) in [5.41, 5.74) is -1.52. The molecule has 0 spiro atoms. The van der Waals surface area contributed by atoms with E-state index in [0.717, 1.165) is 4.90 Å². The number of β-lactam (4-membered cyclic amide) rings is 1. The lowest BCUT2D eigenvalue weighted by molar-refractivity contribution is -0.166. The number of nitrogens with zero attached hydrogens (tertiary/aromatic N) is 1. The van der Waals surface area contributed by atoms with Crippen LogP contribution in [0.2, 0.25) is 0 Å². The molecule has 0 aromatic heterocycles. The van der Waals surface area contributed by atoms with Crippen molar-refractivity contribution < 1.29 is 33.4 Å². The highest BCUT2D eigenvalue weighted by atomic mass is 16.7. The molecule has 2 amide bonds. The zero-order valence-electron chi connectivity index (χ0n) is 16.7. The molecule has 1 aliphatic heterocycles. The van der Waals surface area contributed by atoms with Gasteiger partial charge in [-0.1, -0.05) is 6.92 Å². The molecule has 0 saturated carbocycles. The second-order valence-corrected chi connectivity index (χ2v) is 8.49. The average Bonchev–Trinajstić information content (AvgIpc) is 2.39. The molecular formula is C18H29NO7. The normalized spacial score (nSPS) is 22.8. The van der Waals surface area contributed by atoms with Crippen LogP contribution in [-0.2, 0) is 23.8 Å². The fourth-order valence-corrected chi connectivity index (χ4v) is 2.68. The highest BCUT2D eigenvalue weighted by molar-refractivity contribution is 6.00. The molecule has 8 nitrogen and oxygen atoms in total. The van der Waals surface area contributed by atoms with Gasteiger partial charge in [0.1, 0.15) is 23.6 Å². The summed E-state index contributed by atoms with van der Waals surface area (Å²) in [7, 11) is 0. The van der Waals surface area contributed by atoms with Crippen molar-refractivity contribution in [1.29, 1.82) is 0 Å². The molecular weight excluding hydrogens is 342 g/mol. The lowest BCUT2D eigenvalue weighted by Gasteiger charge is -2.48. The molecule has 1 aliphatic rings. The van der Waals surface area contributed by atoms with Crippen LogP contribution >= 0.6 is 0 Å². The van der Waals surface area contributed by atoms with Gasteiger partial charge in [-0.3, -0.25) is 4.79 Å². The first-order chi connectivity index (χ1) is 11.7. The van der Waals surface area contributed by atoms with Crippen molar-refractivity contribution in [3.05, 3.63) is 0 Å². The van der Waals surface area contributed by atoms with Crippen LogP contribution in [0.1, 0.15) is 55.4 Å². The molecule has 1 heterocycles. The van der Waals surface area contributed by atoms with Crippen LogP contribution in [0.3, 0.4) is 0 Å². The Balaban J connectivity index is 2.91. The Hall–Kier alpha value is -2.12. The summed E-state index contributed by atoms with van der Waals surface area (Å²) in [5.74, 6) is -2.00. The fourth-order valence-electron chi connectivity index (χ4n) is 2.68. The predicted molar refractivity (Wildman–Crippen MR) is 92.4 cm³/mol. The zero-order chi connectivity index (χ0) is 20.4. The van der Waals surface area contributed by atoms with Gasteiger partial charge in [0.05, 0.1) is 12.0 Å². The van der Waals surface area contributed by atoms with E-state index in [1.807, 2.05) is 0 Å². The summed E-state index contributed by atoms with van der Waals surface area (Å²) in [4.78, 5) is 48.8. The third-order valence-electron chi connectivity index (χ3n) is 3.71. The minimum Gasteiger partial charge on any atom is -0.443 e. The Morgan fingerprint density at radius 3 is 1.96 bits per heavy atom. The molecule has 0 N–H and O–H groups in total. The van der Waals surface area contributed by atoms with E-state index in [1.54, 1.807) is 48.5 Å². The number of aldehydes is 1. The second-order valence-electron chi connectivity index (χ2n) is 8.49. The SMILES string of the molecule is C[C@@H](C=O)[C@@H]1[C@@H]([C@@H](C)OC(=O)OC(C)(C)C)C(=O)N1C(=O)OC(C)(C)C. The summed E-state index contributed by atoms with van der Waals surface area (Å²) in [6.07, 6.45) is -1.93. The largest absolute Gasteiger partial charge is 0.509 e. The van der Waals surface area contributed by atoms with Crippen LogP contribution in [0.5, 0.6) is 0 Å². The van der Waals surface area contributed by atoms with Crippen molar-refractivity contribution in [2.45, 2.75) is 78.7 Å². The number of imide groups is 1. The standard InChI is InChI=1S/C18H29NO7/c1-10(9-20)13-12(11(2)24-16(23)26-18(6,7)8)14(21)19(13)15(22)25-17(3,4)5/h9-13H,1-8H3/t10-,11+,12+,13+/m0/s1. The number of rotatable bonds is 4. The highest BCUT2D eigenvalue weighted by Gasteiger charge is 2.57. The molecule has 0 unspecified atom stereocenters. The first kappa shape index (κ1) is 21.9. The van der Waals surface area contributed by atoms with Crippen molar-refractivity contribution in [3.8, 4) is 0 Å². The molecule has 1 fully saturated rings. The maximum absolute atomic E-state index is 12.5. The van der Waals surface area contributed by atoms with Gasteiger partial charge in [0.25, 0.3) is 0 Å². The minimum atomic E-state index is -0.911.